The van der Waals surface area contributed by atoms with Gasteiger partial charge in [0.2, 0.25) is 0 Å². The van der Waals surface area contributed by atoms with Crippen molar-refractivity contribution in [2.24, 2.45) is 0 Å². The minimum Gasteiger partial charge on any atom is -0.397 e. The summed E-state index contributed by atoms with van der Waals surface area (Å²) in [5, 5.41) is 0. The average Bonchev–Trinajstić information content (AvgIpc) is 2.36. The van der Waals surface area contributed by atoms with E-state index < -0.39 is 0 Å². The first-order valence-electron chi connectivity index (χ1n) is 6.32. The smallest absolute Gasteiger partial charge is 0.143 e. The predicted octanol–water partition coefficient (Wildman–Crippen LogP) is 3.50. The first-order chi connectivity index (χ1) is 8.15. The second-order valence-electron chi connectivity index (χ2n) is 4.73. The summed E-state index contributed by atoms with van der Waals surface area (Å²) >= 11 is 3.64. The van der Waals surface area contributed by atoms with Gasteiger partial charge in [-0.3, -0.25) is 0 Å². The monoisotopic (exact) mass is 297 g/mol. The number of rotatable bonds is 2. The lowest BCUT2D eigenvalue weighted by Crippen LogP contribution is -2.40. The number of hydrogen-bond donors (Lipinski definition) is 1. The number of anilines is 2. The summed E-state index contributed by atoms with van der Waals surface area (Å²) in [5.41, 5.74) is 7.72. The summed E-state index contributed by atoms with van der Waals surface area (Å²) in [6.45, 7) is 5.39. The minimum absolute atomic E-state index is 0.621. The molecule has 2 N–H and O–H groups in total. The number of pyridine rings is 1. The molecule has 0 aliphatic carbocycles. The highest BCUT2D eigenvalue weighted by Gasteiger charge is 2.24. The van der Waals surface area contributed by atoms with Crippen molar-refractivity contribution in [2.75, 3.05) is 17.2 Å². The van der Waals surface area contributed by atoms with Crippen molar-refractivity contribution in [2.45, 2.75) is 45.6 Å². The maximum absolute atomic E-state index is 5.88. The summed E-state index contributed by atoms with van der Waals surface area (Å²) in [7, 11) is 0. The number of aromatic nitrogens is 1. The Kier molecular flexibility index (Phi) is 3.92. The normalized spacial score (nSPS) is 20.6. The quantitative estimate of drug-likeness (QED) is 0.908. The average molecular weight is 298 g/mol. The summed E-state index contributed by atoms with van der Waals surface area (Å²) < 4.78 is 1.05. The fourth-order valence-electron chi connectivity index (χ4n) is 2.48. The van der Waals surface area contributed by atoms with Crippen molar-refractivity contribution in [3.8, 4) is 0 Å². The van der Waals surface area contributed by atoms with E-state index in [9.17, 15) is 0 Å². The summed E-state index contributed by atoms with van der Waals surface area (Å²) in [4.78, 5) is 6.95. The molecule has 1 aliphatic rings. The Morgan fingerprint density at radius 1 is 1.53 bits per heavy atom. The van der Waals surface area contributed by atoms with E-state index in [0.29, 0.717) is 6.04 Å². The highest BCUT2D eigenvalue weighted by atomic mass is 79.9. The van der Waals surface area contributed by atoms with Crippen LogP contribution >= 0.6 is 15.9 Å². The van der Waals surface area contributed by atoms with E-state index in [1.54, 1.807) is 6.20 Å². The topological polar surface area (TPSA) is 42.2 Å². The van der Waals surface area contributed by atoms with E-state index in [1.165, 1.54) is 25.7 Å². The molecule has 1 atom stereocenters. The van der Waals surface area contributed by atoms with Crippen LogP contribution in [0.4, 0.5) is 11.5 Å². The first kappa shape index (κ1) is 12.7. The van der Waals surface area contributed by atoms with Crippen LogP contribution in [-0.2, 0) is 0 Å². The van der Waals surface area contributed by atoms with Gasteiger partial charge in [0.15, 0.2) is 0 Å². The zero-order chi connectivity index (χ0) is 12.4. The summed E-state index contributed by atoms with van der Waals surface area (Å²) in [6.07, 6.45) is 6.82. The lowest BCUT2D eigenvalue weighted by molar-refractivity contribution is 0.446. The van der Waals surface area contributed by atoms with Crippen LogP contribution in [0, 0.1) is 6.92 Å². The van der Waals surface area contributed by atoms with Crippen LogP contribution in [0.3, 0.4) is 0 Å². The molecule has 4 heteroatoms. The molecular formula is C13H20BrN3. The standard InChI is InChI=1S/C13H20BrN3/c1-3-10-6-4-5-7-17(10)13-12(14)9(2)11(15)8-16-13/h8,10H,3-7,15H2,1-2H3. The minimum atomic E-state index is 0.621. The van der Waals surface area contributed by atoms with Gasteiger partial charge in [0, 0.05) is 12.6 Å². The van der Waals surface area contributed by atoms with Gasteiger partial charge in [-0.2, -0.15) is 0 Å². The van der Waals surface area contributed by atoms with Crippen molar-refractivity contribution in [1.29, 1.82) is 0 Å². The molecule has 1 aromatic heterocycles. The molecule has 1 fully saturated rings. The molecule has 1 saturated heterocycles. The highest BCUT2D eigenvalue weighted by Crippen LogP contribution is 2.34. The maximum atomic E-state index is 5.88. The number of nitrogens with two attached hydrogens (primary N) is 1. The second kappa shape index (κ2) is 5.25. The fraction of sp³-hybridized carbons (Fsp3) is 0.615. The summed E-state index contributed by atoms with van der Waals surface area (Å²) in [6, 6.07) is 0.621. The highest BCUT2D eigenvalue weighted by molar-refractivity contribution is 9.10. The molecule has 0 aromatic carbocycles. The van der Waals surface area contributed by atoms with E-state index in [1.807, 2.05) is 6.92 Å². The molecule has 1 aromatic rings. The SMILES string of the molecule is CCC1CCCCN1c1ncc(N)c(C)c1Br. The van der Waals surface area contributed by atoms with Gasteiger partial charge in [-0.15, -0.1) is 0 Å². The van der Waals surface area contributed by atoms with Crippen LogP contribution in [0.15, 0.2) is 10.7 Å². The molecule has 0 radical (unpaired) electrons. The van der Waals surface area contributed by atoms with E-state index in [4.69, 9.17) is 5.73 Å². The van der Waals surface area contributed by atoms with Gasteiger partial charge in [-0.05, 0) is 54.1 Å². The van der Waals surface area contributed by atoms with Gasteiger partial charge in [-0.1, -0.05) is 6.92 Å². The van der Waals surface area contributed by atoms with Crippen LogP contribution < -0.4 is 10.6 Å². The van der Waals surface area contributed by atoms with Gasteiger partial charge in [0.25, 0.3) is 0 Å². The third kappa shape index (κ3) is 2.41. The Bertz CT molecular complexity index is 406. The molecule has 3 nitrogen and oxygen atoms in total. The molecule has 2 rings (SSSR count). The molecule has 17 heavy (non-hydrogen) atoms. The van der Waals surface area contributed by atoms with E-state index in [2.05, 4.69) is 32.7 Å². The van der Waals surface area contributed by atoms with Crippen LogP contribution in [0.1, 0.15) is 38.2 Å². The molecule has 0 spiro atoms. The Morgan fingerprint density at radius 2 is 2.29 bits per heavy atom. The molecule has 94 valence electrons. The van der Waals surface area contributed by atoms with E-state index in [-0.39, 0.29) is 0 Å². The number of nitrogen functional groups attached to an aromatic ring is 1. The molecule has 0 bridgehead atoms. The lowest BCUT2D eigenvalue weighted by atomic mass is 10.00. The van der Waals surface area contributed by atoms with Crippen LogP contribution in [0.5, 0.6) is 0 Å². The van der Waals surface area contributed by atoms with Gasteiger partial charge >= 0.3 is 0 Å². The third-order valence-electron chi connectivity index (χ3n) is 3.65. The van der Waals surface area contributed by atoms with Crippen molar-refractivity contribution < 1.29 is 0 Å². The van der Waals surface area contributed by atoms with E-state index in [0.717, 1.165) is 28.1 Å². The number of nitrogens with zero attached hydrogens (tertiary/aromatic N) is 2. The van der Waals surface area contributed by atoms with Crippen LogP contribution in [0.25, 0.3) is 0 Å². The Morgan fingerprint density at radius 3 is 3.00 bits per heavy atom. The number of piperidine rings is 1. The Hall–Kier alpha value is -0.770. The third-order valence-corrected chi connectivity index (χ3v) is 4.60. The van der Waals surface area contributed by atoms with Crippen molar-refractivity contribution in [1.82, 2.24) is 4.98 Å². The predicted molar refractivity (Wildman–Crippen MR) is 76.4 cm³/mol. The van der Waals surface area contributed by atoms with E-state index >= 15 is 0 Å². The second-order valence-corrected chi connectivity index (χ2v) is 5.52. The molecule has 1 unspecified atom stereocenters. The molecule has 0 amide bonds. The Balaban J connectivity index is 2.35. The molecule has 1 aliphatic heterocycles. The van der Waals surface area contributed by atoms with Gasteiger partial charge in [0.1, 0.15) is 5.82 Å². The van der Waals surface area contributed by atoms with Crippen molar-refractivity contribution >= 4 is 27.4 Å². The molecule has 0 saturated carbocycles. The van der Waals surface area contributed by atoms with Crippen molar-refractivity contribution in [3.63, 3.8) is 0 Å². The molecular weight excluding hydrogens is 278 g/mol. The van der Waals surface area contributed by atoms with Gasteiger partial charge in [-0.25, -0.2) is 4.98 Å². The Labute approximate surface area is 112 Å². The fourth-order valence-corrected chi connectivity index (χ4v) is 3.04. The van der Waals surface area contributed by atoms with Gasteiger partial charge < -0.3 is 10.6 Å². The number of halogens is 1. The van der Waals surface area contributed by atoms with Gasteiger partial charge in [0.05, 0.1) is 16.4 Å². The van der Waals surface area contributed by atoms with Crippen LogP contribution in [0.2, 0.25) is 0 Å². The van der Waals surface area contributed by atoms with Crippen LogP contribution in [-0.4, -0.2) is 17.6 Å². The summed E-state index contributed by atoms with van der Waals surface area (Å²) in [5.74, 6) is 1.06. The zero-order valence-electron chi connectivity index (χ0n) is 10.5. The number of hydrogen-bond acceptors (Lipinski definition) is 3. The maximum Gasteiger partial charge on any atom is 0.143 e. The van der Waals surface area contributed by atoms with Crippen molar-refractivity contribution in [3.05, 3.63) is 16.2 Å². The first-order valence-corrected chi connectivity index (χ1v) is 7.11. The lowest BCUT2D eigenvalue weighted by Gasteiger charge is -2.37. The molecule has 2 heterocycles. The largest absolute Gasteiger partial charge is 0.397 e. The zero-order valence-corrected chi connectivity index (χ0v) is 12.1.